The van der Waals surface area contributed by atoms with Crippen molar-refractivity contribution in [1.29, 1.82) is 0 Å². The summed E-state index contributed by atoms with van der Waals surface area (Å²) in [5.41, 5.74) is 1.88. The van der Waals surface area contributed by atoms with E-state index in [0.717, 1.165) is 32.7 Å². The first-order chi connectivity index (χ1) is 10.8. The molecule has 3 aromatic rings. The quantitative estimate of drug-likeness (QED) is 0.671. The molecule has 2 N–H and O–H groups in total. The Bertz CT molecular complexity index is 744. The molecule has 0 aliphatic carbocycles. The maximum absolute atomic E-state index is 4.46. The van der Waals surface area contributed by atoms with Gasteiger partial charge in [0.25, 0.3) is 0 Å². The Morgan fingerprint density at radius 1 is 1.23 bits per heavy atom. The number of aromatic nitrogens is 3. The molecule has 2 aromatic heterocycles. The Morgan fingerprint density at radius 2 is 2.05 bits per heavy atom. The molecule has 0 amide bonds. The van der Waals surface area contributed by atoms with E-state index in [2.05, 4.69) is 44.6 Å². The first kappa shape index (κ1) is 15.1. The van der Waals surface area contributed by atoms with E-state index in [0.29, 0.717) is 0 Å². The van der Waals surface area contributed by atoms with Gasteiger partial charge in [0.2, 0.25) is 0 Å². The van der Waals surface area contributed by atoms with E-state index in [-0.39, 0.29) is 6.04 Å². The number of anilines is 2. The molecule has 0 radical (unpaired) electrons. The van der Waals surface area contributed by atoms with Gasteiger partial charge in [-0.2, -0.15) is 0 Å². The first-order valence-electron chi connectivity index (χ1n) is 6.97. The van der Waals surface area contributed by atoms with Crippen LogP contribution >= 0.6 is 23.1 Å². The van der Waals surface area contributed by atoms with E-state index in [1.165, 1.54) is 0 Å². The number of nitrogens with one attached hydrogen (secondary N) is 2. The van der Waals surface area contributed by atoms with Gasteiger partial charge in [-0.15, -0.1) is 11.3 Å². The second-order valence-corrected chi connectivity index (χ2v) is 6.90. The van der Waals surface area contributed by atoms with E-state index in [4.69, 9.17) is 0 Å². The molecule has 0 saturated carbocycles. The van der Waals surface area contributed by atoms with Gasteiger partial charge in [-0.3, -0.25) is 0 Å². The van der Waals surface area contributed by atoms with E-state index in [9.17, 15) is 0 Å². The Morgan fingerprint density at radius 3 is 2.82 bits per heavy atom. The summed E-state index contributed by atoms with van der Waals surface area (Å²) in [7, 11) is 0. The van der Waals surface area contributed by atoms with Crippen molar-refractivity contribution in [3.05, 3.63) is 36.7 Å². The third-order valence-corrected chi connectivity index (χ3v) is 5.15. The molecule has 0 aliphatic rings. The standard InChI is InChI=1S/C15H17N5S2/c1-10(19-11-6-4-3-5-7-11)8-16-13-12-14(18-9-17-13)20-15(21-2)22-12/h3-7,9-10,19H,8H2,1-2H3,(H,16,17,18). The highest BCUT2D eigenvalue weighted by Gasteiger charge is 2.10. The minimum Gasteiger partial charge on any atom is -0.381 e. The molecule has 0 spiro atoms. The molecule has 1 unspecified atom stereocenters. The van der Waals surface area contributed by atoms with Gasteiger partial charge >= 0.3 is 0 Å². The molecular weight excluding hydrogens is 314 g/mol. The van der Waals surface area contributed by atoms with Crippen LogP contribution in [0.2, 0.25) is 0 Å². The molecule has 2 heterocycles. The van der Waals surface area contributed by atoms with Gasteiger partial charge in [0.05, 0.1) is 0 Å². The monoisotopic (exact) mass is 331 g/mol. The average molecular weight is 331 g/mol. The summed E-state index contributed by atoms with van der Waals surface area (Å²) < 4.78 is 2.02. The van der Waals surface area contributed by atoms with Crippen LogP contribution in [0.3, 0.4) is 0 Å². The number of para-hydroxylation sites is 1. The highest BCUT2D eigenvalue weighted by molar-refractivity contribution is 8.00. The zero-order valence-corrected chi connectivity index (χ0v) is 14.0. The van der Waals surface area contributed by atoms with Crippen molar-refractivity contribution in [2.75, 3.05) is 23.4 Å². The van der Waals surface area contributed by atoms with Crippen LogP contribution in [-0.2, 0) is 0 Å². The zero-order chi connectivity index (χ0) is 15.4. The van der Waals surface area contributed by atoms with Gasteiger partial charge in [-0.1, -0.05) is 30.0 Å². The van der Waals surface area contributed by atoms with Crippen LogP contribution in [-0.4, -0.2) is 33.8 Å². The minimum atomic E-state index is 0.278. The largest absolute Gasteiger partial charge is 0.381 e. The van der Waals surface area contributed by atoms with Crippen LogP contribution in [0, 0.1) is 0 Å². The molecular formula is C15H17N5S2. The number of benzene rings is 1. The maximum Gasteiger partial charge on any atom is 0.176 e. The number of hydrogen-bond acceptors (Lipinski definition) is 7. The summed E-state index contributed by atoms with van der Waals surface area (Å²) in [4.78, 5) is 13.0. The molecule has 1 aromatic carbocycles. The Labute approximate surface area is 137 Å². The summed E-state index contributed by atoms with van der Waals surface area (Å²) in [6.07, 6.45) is 3.58. The fraction of sp³-hybridized carbons (Fsp3) is 0.267. The minimum absolute atomic E-state index is 0.278. The molecule has 3 rings (SSSR count). The Balaban J connectivity index is 1.67. The van der Waals surface area contributed by atoms with Crippen molar-refractivity contribution in [3.8, 4) is 0 Å². The molecule has 22 heavy (non-hydrogen) atoms. The fourth-order valence-corrected chi connectivity index (χ4v) is 3.55. The van der Waals surface area contributed by atoms with Crippen LogP contribution in [0.15, 0.2) is 41.0 Å². The van der Waals surface area contributed by atoms with Crippen molar-refractivity contribution in [1.82, 2.24) is 15.0 Å². The van der Waals surface area contributed by atoms with Gasteiger partial charge in [0, 0.05) is 18.3 Å². The number of thiazole rings is 1. The van der Waals surface area contributed by atoms with E-state index < -0.39 is 0 Å². The molecule has 0 saturated heterocycles. The van der Waals surface area contributed by atoms with Crippen LogP contribution in [0.5, 0.6) is 0 Å². The molecule has 0 aliphatic heterocycles. The van der Waals surface area contributed by atoms with Gasteiger partial charge in [0.1, 0.15) is 16.8 Å². The SMILES string of the molecule is CSc1nc2ncnc(NCC(C)Nc3ccccc3)c2s1. The van der Waals surface area contributed by atoms with Crippen LogP contribution < -0.4 is 10.6 Å². The number of hydrogen-bond donors (Lipinski definition) is 2. The predicted octanol–water partition coefficient (Wildman–Crippen LogP) is 3.72. The fourth-order valence-electron chi connectivity index (χ4n) is 2.07. The molecule has 7 heteroatoms. The first-order valence-corrected chi connectivity index (χ1v) is 9.01. The van der Waals surface area contributed by atoms with Crippen LogP contribution in [0.25, 0.3) is 10.3 Å². The molecule has 5 nitrogen and oxygen atoms in total. The van der Waals surface area contributed by atoms with Crippen molar-refractivity contribution >= 4 is 45.0 Å². The smallest absolute Gasteiger partial charge is 0.176 e. The number of fused-ring (bicyclic) bond motifs is 1. The highest BCUT2D eigenvalue weighted by atomic mass is 32.2. The Kier molecular flexibility index (Phi) is 4.74. The van der Waals surface area contributed by atoms with Crippen molar-refractivity contribution in [3.63, 3.8) is 0 Å². The van der Waals surface area contributed by atoms with Gasteiger partial charge in [-0.25, -0.2) is 15.0 Å². The lowest BCUT2D eigenvalue weighted by molar-refractivity contribution is 0.832. The summed E-state index contributed by atoms with van der Waals surface area (Å²) in [6.45, 7) is 2.91. The van der Waals surface area contributed by atoms with E-state index in [1.807, 2.05) is 24.5 Å². The van der Waals surface area contributed by atoms with Gasteiger partial charge < -0.3 is 10.6 Å². The summed E-state index contributed by atoms with van der Waals surface area (Å²) in [6, 6.07) is 10.5. The van der Waals surface area contributed by atoms with Crippen molar-refractivity contribution in [2.45, 2.75) is 17.3 Å². The highest BCUT2D eigenvalue weighted by Crippen LogP contribution is 2.30. The Hall–Kier alpha value is -1.86. The molecule has 0 fully saturated rings. The summed E-state index contributed by atoms with van der Waals surface area (Å²) >= 11 is 3.25. The lowest BCUT2D eigenvalue weighted by atomic mass is 10.2. The molecule has 114 valence electrons. The number of nitrogens with zero attached hydrogens (tertiary/aromatic N) is 3. The number of thioether (sulfide) groups is 1. The van der Waals surface area contributed by atoms with Crippen LogP contribution in [0.1, 0.15) is 6.92 Å². The predicted molar refractivity (Wildman–Crippen MR) is 95.0 cm³/mol. The van der Waals surface area contributed by atoms with Crippen LogP contribution in [0.4, 0.5) is 11.5 Å². The normalized spacial score (nSPS) is 12.3. The zero-order valence-electron chi connectivity index (χ0n) is 12.4. The lowest BCUT2D eigenvalue weighted by Crippen LogP contribution is -2.25. The summed E-state index contributed by atoms with van der Waals surface area (Å²) in [5, 5.41) is 6.85. The molecule has 0 bridgehead atoms. The number of rotatable bonds is 6. The maximum atomic E-state index is 4.46. The van der Waals surface area contributed by atoms with E-state index >= 15 is 0 Å². The second-order valence-electron chi connectivity index (χ2n) is 4.85. The second kappa shape index (κ2) is 6.93. The molecule has 1 atom stereocenters. The van der Waals surface area contributed by atoms with Gasteiger partial charge in [-0.05, 0) is 25.3 Å². The third-order valence-electron chi connectivity index (χ3n) is 3.11. The third kappa shape index (κ3) is 3.48. The topological polar surface area (TPSA) is 62.7 Å². The average Bonchev–Trinajstić information content (AvgIpc) is 2.97. The summed E-state index contributed by atoms with van der Waals surface area (Å²) in [5.74, 6) is 0.851. The van der Waals surface area contributed by atoms with Crippen molar-refractivity contribution in [2.24, 2.45) is 0 Å². The lowest BCUT2D eigenvalue weighted by Gasteiger charge is -2.16. The van der Waals surface area contributed by atoms with E-state index in [1.54, 1.807) is 29.4 Å². The van der Waals surface area contributed by atoms with Gasteiger partial charge in [0.15, 0.2) is 9.99 Å². The van der Waals surface area contributed by atoms with Crippen molar-refractivity contribution < 1.29 is 0 Å².